The van der Waals surface area contributed by atoms with Crippen LogP contribution in [0.25, 0.3) is 0 Å². The number of hydrogen-bond donors (Lipinski definition) is 0. The molecule has 0 nitrogen and oxygen atoms in total. The summed E-state index contributed by atoms with van der Waals surface area (Å²) in [7, 11) is 0. The molecule has 0 heteroatoms. The molecule has 7 rings (SSSR count). The van der Waals surface area contributed by atoms with Crippen LogP contribution in [0.4, 0.5) is 0 Å². The standard InChI is InChI=1S/C29H40/c1-2-24-28(26-13-18-4-7-21(26)10-18)15-23(25-12-17-3-6-20(25)9-17)16-29(24)27-14-19-5-8-22(27)11-19/h2,15,17-22,25-27,29H,1,3-14,16H2. The molecule has 6 fully saturated rings. The van der Waals surface area contributed by atoms with Gasteiger partial charge in [0.15, 0.2) is 0 Å². The Bertz CT molecular complexity index is 767. The molecule has 0 aromatic carbocycles. The zero-order valence-corrected chi connectivity index (χ0v) is 18.3. The molecule has 10 atom stereocenters. The van der Waals surface area contributed by atoms with Gasteiger partial charge >= 0.3 is 0 Å². The molecule has 0 aromatic heterocycles. The lowest BCUT2D eigenvalue weighted by atomic mass is 9.64. The summed E-state index contributed by atoms with van der Waals surface area (Å²) in [6.45, 7) is 4.43. The van der Waals surface area contributed by atoms with E-state index in [9.17, 15) is 0 Å². The van der Waals surface area contributed by atoms with Crippen LogP contribution in [-0.2, 0) is 0 Å². The van der Waals surface area contributed by atoms with Gasteiger partial charge in [0, 0.05) is 0 Å². The summed E-state index contributed by atoms with van der Waals surface area (Å²) in [5, 5.41) is 0. The van der Waals surface area contributed by atoms with Gasteiger partial charge in [-0.1, -0.05) is 43.6 Å². The predicted octanol–water partition coefficient (Wildman–Crippen LogP) is 7.72. The van der Waals surface area contributed by atoms with Gasteiger partial charge in [-0.25, -0.2) is 0 Å². The topological polar surface area (TPSA) is 0 Å². The van der Waals surface area contributed by atoms with Crippen molar-refractivity contribution >= 4 is 0 Å². The van der Waals surface area contributed by atoms with Crippen LogP contribution < -0.4 is 0 Å². The van der Waals surface area contributed by atoms with Crippen molar-refractivity contribution in [2.75, 3.05) is 0 Å². The zero-order valence-electron chi connectivity index (χ0n) is 18.3. The summed E-state index contributed by atoms with van der Waals surface area (Å²) in [6.07, 6.45) is 25.0. The second kappa shape index (κ2) is 6.61. The van der Waals surface area contributed by atoms with E-state index in [0.717, 1.165) is 59.2 Å². The third kappa shape index (κ3) is 2.69. The van der Waals surface area contributed by atoms with Gasteiger partial charge in [0.2, 0.25) is 0 Å². The summed E-state index contributed by atoms with van der Waals surface area (Å²) in [4.78, 5) is 0. The molecule has 156 valence electrons. The summed E-state index contributed by atoms with van der Waals surface area (Å²) < 4.78 is 0. The SMILES string of the molecule is C=CC1=C(C2CC3CCC2C3)C=C(C2CC3CCC2C3)CC1C1CC2CCC1C2. The molecule has 0 aromatic rings. The number of allylic oxidation sites excluding steroid dienone is 5. The zero-order chi connectivity index (χ0) is 19.1. The smallest absolute Gasteiger partial charge is 0.00908 e. The highest BCUT2D eigenvalue weighted by Crippen LogP contribution is 2.60. The van der Waals surface area contributed by atoms with E-state index in [-0.39, 0.29) is 0 Å². The predicted molar refractivity (Wildman–Crippen MR) is 120 cm³/mol. The van der Waals surface area contributed by atoms with Gasteiger partial charge in [-0.2, -0.15) is 0 Å². The van der Waals surface area contributed by atoms with Gasteiger partial charge in [-0.15, -0.1) is 0 Å². The first-order chi connectivity index (χ1) is 14.3. The Balaban J connectivity index is 1.28. The lowest BCUT2D eigenvalue weighted by Gasteiger charge is -2.40. The lowest BCUT2D eigenvalue weighted by molar-refractivity contribution is 0.239. The van der Waals surface area contributed by atoms with Crippen molar-refractivity contribution in [3.63, 3.8) is 0 Å². The monoisotopic (exact) mass is 388 g/mol. The van der Waals surface area contributed by atoms with Crippen LogP contribution >= 0.6 is 0 Å². The third-order valence-electron chi connectivity index (χ3n) is 11.4. The van der Waals surface area contributed by atoms with Gasteiger partial charge in [0.25, 0.3) is 0 Å². The van der Waals surface area contributed by atoms with Crippen LogP contribution in [0, 0.1) is 59.2 Å². The normalized spacial score (nSPS) is 52.6. The first-order valence-corrected chi connectivity index (χ1v) is 13.3. The average molecular weight is 389 g/mol. The highest BCUT2D eigenvalue weighted by Gasteiger charge is 2.49. The van der Waals surface area contributed by atoms with Gasteiger partial charge in [0.05, 0.1) is 0 Å². The van der Waals surface area contributed by atoms with Crippen LogP contribution in [0.3, 0.4) is 0 Å². The van der Waals surface area contributed by atoms with E-state index in [1.165, 1.54) is 64.2 Å². The lowest BCUT2D eigenvalue weighted by Crippen LogP contribution is -2.29. The molecule has 6 bridgehead atoms. The molecule has 0 amide bonds. The molecule has 0 saturated heterocycles. The van der Waals surface area contributed by atoms with Crippen LogP contribution in [-0.4, -0.2) is 0 Å². The fourth-order valence-corrected chi connectivity index (χ4v) is 10.3. The molecular weight excluding hydrogens is 348 g/mol. The molecule has 0 spiro atoms. The second-order valence-corrected chi connectivity index (χ2v) is 12.5. The van der Waals surface area contributed by atoms with Crippen molar-refractivity contribution in [3.8, 4) is 0 Å². The highest BCUT2D eigenvalue weighted by molar-refractivity contribution is 5.45. The maximum atomic E-state index is 4.43. The fraction of sp³-hybridized carbons (Fsp3) is 0.793. The van der Waals surface area contributed by atoms with Gasteiger partial charge in [0.1, 0.15) is 0 Å². The first kappa shape index (κ1) is 17.9. The van der Waals surface area contributed by atoms with Crippen molar-refractivity contribution in [1.82, 2.24) is 0 Å². The Morgan fingerprint density at radius 3 is 1.79 bits per heavy atom. The van der Waals surface area contributed by atoms with Gasteiger partial charge in [-0.3, -0.25) is 0 Å². The minimum Gasteiger partial charge on any atom is -0.0988 e. The highest BCUT2D eigenvalue weighted by atomic mass is 14.5. The summed E-state index contributed by atoms with van der Waals surface area (Å²) in [5.41, 5.74) is 5.49. The Kier molecular flexibility index (Phi) is 4.07. The first-order valence-electron chi connectivity index (χ1n) is 13.3. The van der Waals surface area contributed by atoms with Crippen LogP contribution in [0.1, 0.15) is 83.5 Å². The van der Waals surface area contributed by atoms with E-state index in [0.29, 0.717) is 0 Å². The second-order valence-electron chi connectivity index (χ2n) is 12.5. The maximum absolute atomic E-state index is 4.43. The Morgan fingerprint density at radius 2 is 1.28 bits per heavy atom. The molecule has 29 heavy (non-hydrogen) atoms. The van der Waals surface area contributed by atoms with Crippen molar-refractivity contribution in [2.45, 2.75) is 83.5 Å². The van der Waals surface area contributed by atoms with Crippen LogP contribution in [0.2, 0.25) is 0 Å². The van der Waals surface area contributed by atoms with Crippen molar-refractivity contribution in [2.24, 2.45) is 59.2 Å². The quantitative estimate of drug-likeness (QED) is 0.462. The maximum Gasteiger partial charge on any atom is -0.00908 e. The van der Waals surface area contributed by atoms with Crippen LogP contribution in [0.5, 0.6) is 0 Å². The molecule has 0 radical (unpaired) electrons. The average Bonchev–Trinajstić information content (AvgIpc) is 3.59. The van der Waals surface area contributed by atoms with E-state index in [1.807, 2.05) is 11.1 Å². The minimum atomic E-state index is 0.830. The Morgan fingerprint density at radius 1 is 0.655 bits per heavy atom. The molecule has 6 saturated carbocycles. The molecule has 0 heterocycles. The molecule has 0 N–H and O–H groups in total. The van der Waals surface area contributed by atoms with Crippen molar-refractivity contribution in [3.05, 3.63) is 35.5 Å². The summed E-state index contributed by atoms with van der Waals surface area (Å²) in [5.74, 6) is 9.92. The van der Waals surface area contributed by atoms with Crippen molar-refractivity contribution in [1.29, 1.82) is 0 Å². The van der Waals surface area contributed by atoms with E-state index in [1.54, 1.807) is 24.8 Å². The van der Waals surface area contributed by atoms with E-state index in [2.05, 4.69) is 18.7 Å². The third-order valence-corrected chi connectivity index (χ3v) is 11.4. The van der Waals surface area contributed by atoms with Crippen LogP contribution in [0.15, 0.2) is 35.5 Å². The van der Waals surface area contributed by atoms with Crippen molar-refractivity contribution < 1.29 is 0 Å². The van der Waals surface area contributed by atoms with E-state index in [4.69, 9.17) is 0 Å². The molecule has 0 aliphatic heterocycles. The minimum absolute atomic E-state index is 0.830. The summed E-state index contributed by atoms with van der Waals surface area (Å²) in [6, 6.07) is 0. The number of rotatable bonds is 4. The van der Waals surface area contributed by atoms with Gasteiger partial charge in [-0.05, 0) is 135 Å². The van der Waals surface area contributed by atoms with E-state index < -0.39 is 0 Å². The van der Waals surface area contributed by atoms with E-state index >= 15 is 0 Å². The Hall–Kier alpha value is -0.780. The molecule has 7 aliphatic rings. The largest absolute Gasteiger partial charge is 0.0988 e. The molecular formula is C29H40. The molecule has 7 aliphatic carbocycles. The number of fused-ring (bicyclic) bond motifs is 6. The fourth-order valence-electron chi connectivity index (χ4n) is 10.3. The number of hydrogen-bond acceptors (Lipinski definition) is 0. The van der Waals surface area contributed by atoms with Gasteiger partial charge < -0.3 is 0 Å². The molecule has 10 unspecified atom stereocenters. The Labute approximate surface area is 178 Å². The summed E-state index contributed by atoms with van der Waals surface area (Å²) >= 11 is 0.